The third kappa shape index (κ3) is 4.06. The summed E-state index contributed by atoms with van der Waals surface area (Å²) in [5, 5.41) is 6.67. The fourth-order valence-electron chi connectivity index (χ4n) is 3.22. The normalized spacial score (nSPS) is 15.9. The van der Waals surface area contributed by atoms with Crippen LogP contribution in [-0.4, -0.2) is 36.9 Å². The molecule has 0 unspecified atom stereocenters. The van der Waals surface area contributed by atoms with Crippen molar-refractivity contribution in [2.45, 2.75) is 50.8 Å². The molecule has 3 rings (SSSR count). The molecule has 0 bridgehead atoms. The largest absolute Gasteiger partial charge is 0.360 e. The van der Waals surface area contributed by atoms with Gasteiger partial charge >= 0.3 is 0 Å². The molecule has 2 heterocycles. The average Bonchev–Trinajstić information content (AvgIpc) is 3.05. The van der Waals surface area contributed by atoms with Crippen LogP contribution in [-0.2, 0) is 10.0 Å². The van der Waals surface area contributed by atoms with E-state index in [1.807, 2.05) is 13.8 Å². The molecule has 0 radical (unpaired) electrons. The third-order valence-corrected chi connectivity index (χ3v) is 6.62. The molecule has 1 aromatic carbocycles. The van der Waals surface area contributed by atoms with Gasteiger partial charge in [-0.05, 0) is 44.0 Å². The van der Waals surface area contributed by atoms with Gasteiger partial charge in [0.15, 0.2) is 5.76 Å². The summed E-state index contributed by atoms with van der Waals surface area (Å²) >= 11 is 0. The number of anilines is 1. The number of benzene rings is 1. The lowest BCUT2D eigenvalue weighted by molar-refractivity contribution is 0.102. The van der Waals surface area contributed by atoms with Crippen LogP contribution in [0, 0.1) is 6.92 Å². The number of aryl methyl sites for hydroxylation is 1. The number of nitrogens with zero attached hydrogens (tertiary/aromatic N) is 2. The van der Waals surface area contributed by atoms with Crippen molar-refractivity contribution in [2.24, 2.45) is 0 Å². The lowest BCUT2D eigenvalue weighted by Gasteiger charge is -2.25. The summed E-state index contributed by atoms with van der Waals surface area (Å²) in [4.78, 5) is 12.9. The third-order valence-electron chi connectivity index (χ3n) is 4.71. The average molecular weight is 391 g/mol. The molecular formula is C19H25N3O4S. The molecule has 8 heteroatoms. The predicted molar refractivity (Wildman–Crippen MR) is 102 cm³/mol. The van der Waals surface area contributed by atoms with Crippen LogP contribution in [0.1, 0.15) is 60.8 Å². The Bertz CT molecular complexity index is 911. The zero-order valence-corrected chi connectivity index (χ0v) is 16.7. The van der Waals surface area contributed by atoms with Gasteiger partial charge in [-0.25, -0.2) is 8.42 Å². The van der Waals surface area contributed by atoms with E-state index in [4.69, 9.17) is 4.52 Å². The second-order valence-corrected chi connectivity index (χ2v) is 9.04. The van der Waals surface area contributed by atoms with Crippen LogP contribution in [0.25, 0.3) is 0 Å². The van der Waals surface area contributed by atoms with E-state index in [0.717, 1.165) is 19.3 Å². The van der Waals surface area contributed by atoms with E-state index >= 15 is 0 Å². The molecule has 7 nitrogen and oxygen atoms in total. The molecule has 1 aliphatic heterocycles. The van der Waals surface area contributed by atoms with Crippen LogP contribution in [0.15, 0.2) is 33.7 Å². The van der Waals surface area contributed by atoms with Crippen molar-refractivity contribution in [1.29, 1.82) is 0 Å². The van der Waals surface area contributed by atoms with Crippen LogP contribution in [0.2, 0.25) is 0 Å². The number of hydrogen-bond donors (Lipinski definition) is 1. The number of carbonyl (C=O) groups is 1. The molecule has 0 spiro atoms. The van der Waals surface area contributed by atoms with Gasteiger partial charge in [0.25, 0.3) is 5.91 Å². The van der Waals surface area contributed by atoms with Gasteiger partial charge in [-0.3, -0.25) is 4.79 Å². The zero-order valence-electron chi connectivity index (χ0n) is 15.9. The molecule has 0 saturated carbocycles. The highest BCUT2D eigenvalue weighted by Crippen LogP contribution is 2.25. The molecule has 0 aliphatic carbocycles. The first kappa shape index (κ1) is 19.6. The standard InChI is InChI=1S/C19H25N3O4S/c1-13(2)18-17(14(3)21-26-18)19(23)20-15-7-9-16(10-8-15)27(24,25)22-11-5-4-6-12-22/h7-10,13H,4-6,11-12H2,1-3H3,(H,20,23). The first-order valence-corrected chi connectivity index (χ1v) is 10.6. The van der Waals surface area contributed by atoms with E-state index in [1.54, 1.807) is 19.1 Å². The number of carbonyl (C=O) groups excluding carboxylic acids is 1. The maximum Gasteiger partial charge on any atom is 0.261 e. The number of hydrogen-bond acceptors (Lipinski definition) is 5. The van der Waals surface area contributed by atoms with Crippen molar-refractivity contribution in [1.82, 2.24) is 9.46 Å². The van der Waals surface area contributed by atoms with Gasteiger partial charge in [0, 0.05) is 24.7 Å². The molecule has 1 fully saturated rings. The summed E-state index contributed by atoms with van der Waals surface area (Å²) in [5.74, 6) is 0.252. The van der Waals surface area contributed by atoms with E-state index < -0.39 is 10.0 Å². The summed E-state index contributed by atoms with van der Waals surface area (Å²) in [7, 11) is -3.48. The van der Waals surface area contributed by atoms with Crippen LogP contribution in [0.5, 0.6) is 0 Å². The number of aromatic nitrogens is 1. The summed E-state index contributed by atoms with van der Waals surface area (Å²) in [5.41, 5.74) is 1.48. The van der Waals surface area contributed by atoms with E-state index in [0.29, 0.717) is 35.8 Å². The van der Waals surface area contributed by atoms with Crippen LogP contribution < -0.4 is 5.32 Å². The Morgan fingerprint density at radius 1 is 1.15 bits per heavy atom. The quantitative estimate of drug-likeness (QED) is 0.842. The second kappa shape index (κ2) is 7.82. The van der Waals surface area contributed by atoms with Crippen molar-refractivity contribution < 1.29 is 17.7 Å². The highest BCUT2D eigenvalue weighted by Gasteiger charge is 2.26. The smallest absolute Gasteiger partial charge is 0.261 e. The molecule has 2 aromatic rings. The topological polar surface area (TPSA) is 92.5 Å². The van der Waals surface area contributed by atoms with Crippen LogP contribution >= 0.6 is 0 Å². The summed E-state index contributed by atoms with van der Waals surface area (Å²) < 4.78 is 32.2. The SMILES string of the molecule is Cc1noc(C(C)C)c1C(=O)Nc1ccc(S(=O)(=O)N2CCCCC2)cc1. The zero-order chi connectivity index (χ0) is 19.6. The first-order valence-electron chi connectivity index (χ1n) is 9.18. The Balaban J connectivity index is 1.76. The number of piperidine rings is 1. The lowest BCUT2D eigenvalue weighted by Crippen LogP contribution is -2.35. The minimum absolute atomic E-state index is 0.0315. The second-order valence-electron chi connectivity index (χ2n) is 7.11. The Hall–Kier alpha value is -2.19. The van der Waals surface area contributed by atoms with Crippen molar-refractivity contribution in [3.63, 3.8) is 0 Å². The van der Waals surface area contributed by atoms with E-state index in [-0.39, 0.29) is 16.7 Å². The number of sulfonamides is 1. The number of amides is 1. The molecule has 1 N–H and O–H groups in total. The Morgan fingerprint density at radius 2 is 1.78 bits per heavy atom. The Kier molecular flexibility index (Phi) is 5.67. The van der Waals surface area contributed by atoms with Crippen LogP contribution in [0.4, 0.5) is 5.69 Å². The fraction of sp³-hybridized carbons (Fsp3) is 0.474. The van der Waals surface area contributed by atoms with Gasteiger partial charge in [0.05, 0.1) is 10.6 Å². The lowest BCUT2D eigenvalue weighted by atomic mass is 10.0. The van der Waals surface area contributed by atoms with Gasteiger partial charge in [0.2, 0.25) is 10.0 Å². The maximum absolute atomic E-state index is 12.7. The first-order chi connectivity index (χ1) is 12.8. The summed E-state index contributed by atoms with van der Waals surface area (Å²) in [6.07, 6.45) is 2.85. The predicted octanol–water partition coefficient (Wildman–Crippen LogP) is 3.53. The van der Waals surface area contributed by atoms with E-state index in [1.165, 1.54) is 16.4 Å². The van der Waals surface area contributed by atoms with E-state index in [9.17, 15) is 13.2 Å². The molecule has 146 valence electrons. The number of rotatable bonds is 5. The summed E-state index contributed by atoms with van der Waals surface area (Å²) in [6.45, 7) is 6.70. The summed E-state index contributed by atoms with van der Waals surface area (Å²) in [6, 6.07) is 6.27. The van der Waals surface area contributed by atoms with Crippen molar-refractivity contribution in [2.75, 3.05) is 18.4 Å². The Labute approximate surface area is 159 Å². The minimum atomic E-state index is -3.48. The maximum atomic E-state index is 12.7. The van der Waals surface area contributed by atoms with Crippen molar-refractivity contribution in [3.05, 3.63) is 41.3 Å². The Morgan fingerprint density at radius 3 is 2.37 bits per heavy atom. The molecular weight excluding hydrogens is 366 g/mol. The highest BCUT2D eigenvalue weighted by atomic mass is 32.2. The minimum Gasteiger partial charge on any atom is -0.360 e. The van der Waals surface area contributed by atoms with Gasteiger partial charge in [0.1, 0.15) is 5.56 Å². The van der Waals surface area contributed by atoms with Crippen molar-refractivity contribution in [3.8, 4) is 0 Å². The fourth-order valence-corrected chi connectivity index (χ4v) is 4.73. The van der Waals surface area contributed by atoms with Crippen LogP contribution in [0.3, 0.4) is 0 Å². The van der Waals surface area contributed by atoms with Gasteiger partial charge in [-0.15, -0.1) is 0 Å². The molecule has 1 aromatic heterocycles. The highest BCUT2D eigenvalue weighted by molar-refractivity contribution is 7.89. The molecule has 1 aliphatic rings. The monoisotopic (exact) mass is 391 g/mol. The molecule has 1 saturated heterocycles. The number of nitrogens with one attached hydrogen (secondary N) is 1. The van der Waals surface area contributed by atoms with Gasteiger partial charge in [-0.1, -0.05) is 25.4 Å². The van der Waals surface area contributed by atoms with E-state index in [2.05, 4.69) is 10.5 Å². The van der Waals surface area contributed by atoms with Crippen molar-refractivity contribution >= 4 is 21.6 Å². The van der Waals surface area contributed by atoms with Gasteiger partial charge < -0.3 is 9.84 Å². The molecule has 27 heavy (non-hydrogen) atoms. The molecule has 0 atom stereocenters. The molecule has 1 amide bonds. The van der Waals surface area contributed by atoms with Gasteiger partial charge in [-0.2, -0.15) is 4.31 Å².